The lowest BCUT2D eigenvalue weighted by molar-refractivity contribution is 0.0995. The number of aliphatic hydroxyl groups is 1. The lowest BCUT2D eigenvalue weighted by Gasteiger charge is -2.16. The summed E-state index contributed by atoms with van der Waals surface area (Å²) in [4.78, 5) is 33.9. The fourth-order valence-electron chi connectivity index (χ4n) is 3.58. The second kappa shape index (κ2) is 8.45. The standard InChI is InChI=1S/C23H19FN4O3/c24-16-6-4-14(5-7-16)9-15-10-19-21(27-11-15)18(13-29)20(22(25)30)23(31)28(19)12-17-3-1-2-8-26-17/h1-8,10-11,29H,9,12-13H2,(H2,25,30). The van der Waals surface area contributed by atoms with E-state index >= 15 is 0 Å². The predicted octanol–water partition coefficient (Wildman–Crippen LogP) is 2.16. The molecule has 4 aromatic rings. The van der Waals surface area contributed by atoms with E-state index in [1.165, 1.54) is 16.7 Å². The average Bonchev–Trinajstić information content (AvgIpc) is 2.77. The first kappa shape index (κ1) is 20.4. The monoisotopic (exact) mass is 418 g/mol. The van der Waals surface area contributed by atoms with E-state index in [-0.39, 0.29) is 23.5 Å². The molecule has 7 nitrogen and oxygen atoms in total. The normalized spacial score (nSPS) is 11.0. The third-order valence-corrected chi connectivity index (χ3v) is 5.03. The zero-order chi connectivity index (χ0) is 22.0. The highest BCUT2D eigenvalue weighted by Gasteiger charge is 2.21. The van der Waals surface area contributed by atoms with Gasteiger partial charge in [0.1, 0.15) is 11.4 Å². The van der Waals surface area contributed by atoms with Crippen molar-refractivity contribution >= 4 is 16.9 Å². The fourth-order valence-corrected chi connectivity index (χ4v) is 3.58. The lowest BCUT2D eigenvalue weighted by Crippen LogP contribution is -2.32. The molecule has 3 heterocycles. The van der Waals surface area contributed by atoms with Gasteiger partial charge in [-0.15, -0.1) is 0 Å². The number of benzene rings is 1. The Labute approximate surface area is 176 Å². The molecule has 0 bridgehead atoms. The highest BCUT2D eigenvalue weighted by molar-refractivity contribution is 5.98. The van der Waals surface area contributed by atoms with Gasteiger partial charge < -0.3 is 10.8 Å². The third-order valence-electron chi connectivity index (χ3n) is 5.03. The highest BCUT2D eigenvalue weighted by atomic mass is 19.1. The summed E-state index contributed by atoms with van der Waals surface area (Å²) in [6.07, 6.45) is 3.68. The second-order valence-electron chi connectivity index (χ2n) is 7.10. The van der Waals surface area contributed by atoms with E-state index in [1.807, 2.05) is 0 Å². The van der Waals surface area contributed by atoms with Gasteiger partial charge in [-0.3, -0.25) is 24.1 Å². The van der Waals surface area contributed by atoms with Gasteiger partial charge in [-0.1, -0.05) is 18.2 Å². The van der Waals surface area contributed by atoms with Gasteiger partial charge in [-0.25, -0.2) is 4.39 Å². The number of carbonyl (C=O) groups is 1. The van der Waals surface area contributed by atoms with Gasteiger partial charge in [0.05, 0.1) is 29.9 Å². The number of pyridine rings is 3. The van der Waals surface area contributed by atoms with E-state index < -0.39 is 18.1 Å². The Morgan fingerprint density at radius 2 is 1.87 bits per heavy atom. The molecule has 0 radical (unpaired) electrons. The molecule has 0 spiro atoms. The van der Waals surface area contributed by atoms with Crippen LogP contribution in [0, 0.1) is 5.82 Å². The maximum atomic E-state index is 13.2. The Hall–Kier alpha value is -3.91. The number of hydrogen-bond donors (Lipinski definition) is 2. The van der Waals surface area contributed by atoms with Crippen molar-refractivity contribution in [2.45, 2.75) is 19.6 Å². The first-order valence-electron chi connectivity index (χ1n) is 9.57. The van der Waals surface area contributed by atoms with Crippen LogP contribution in [0.3, 0.4) is 0 Å². The molecule has 0 saturated heterocycles. The van der Waals surface area contributed by atoms with Crippen LogP contribution in [0.15, 0.2) is 65.7 Å². The molecule has 31 heavy (non-hydrogen) atoms. The summed E-state index contributed by atoms with van der Waals surface area (Å²) in [6.45, 7) is -0.456. The van der Waals surface area contributed by atoms with Gasteiger partial charge in [0.2, 0.25) is 0 Å². The van der Waals surface area contributed by atoms with E-state index in [4.69, 9.17) is 5.73 Å². The van der Waals surface area contributed by atoms with Crippen LogP contribution < -0.4 is 11.3 Å². The number of fused-ring (bicyclic) bond motifs is 1. The van der Waals surface area contributed by atoms with E-state index in [0.29, 0.717) is 23.1 Å². The molecule has 0 fully saturated rings. The molecule has 0 saturated carbocycles. The van der Waals surface area contributed by atoms with Gasteiger partial charge in [-0.2, -0.15) is 0 Å². The quantitative estimate of drug-likeness (QED) is 0.499. The molecule has 0 aliphatic heterocycles. The minimum absolute atomic E-state index is 0.0955. The SMILES string of the molecule is NC(=O)c1c(CO)c2ncc(Cc3ccc(F)cc3)cc2n(Cc2ccccn2)c1=O. The summed E-state index contributed by atoms with van der Waals surface area (Å²) in [7, 11) is 0. The largest absolute Gasteiger partial charge is 0.392 e. The Bertz CT molecular complexity index is 1320. The van der Waals surface area contributed by atoms with Crippen molar-refractivity contribution in [2.24, 2.45) is 5.73 Å². The fraction of sp³-hybridized carbons (Fsp3) is 0.130. The number of halogens is 1. The van der Waals surface area contributed by atoms with Crippen LogP contribution in [-0.2, 0) is 19.6 Å². The number of nitrogens with two attached hydrogens (primary N) is 1. The Morgan fingerprint density at radius 1 is 1.10 bits per heavy atom. The molecule has 156 valence electrons. The molecule has 0 aliphatic rings. The Balaban J connectivity index is 1.92. The number of aliphatic hydroxyl groups excluding tert-OH is 1. The molecular formula is C23H19FN4O3. The van der Waals surface area contributed by atoms with Crippen molar-refractivity contribution in [3.63, 3.8) is 0 Å². The zero-order valence-corrected chi connectivity index (χ0v) is 16.5. The number of nitrogens with zero attached hydrogens (tertiary/aromatic N) is 3. The Kier molecular flexibility index (Phi) is 5.55. The number of primary amides is 1. The van der Waals surface area contributed by atoms with Crippen molar-refractivity contribution in [2.75, 3.05) is 0 Å². The molecule has 0 unspecified atom stereocenters. The summed E-state index contributed by atoms with van der Waals surface area (Å²) in [5.41, 5.74) is 7.67. The average molecular weight is 418 g/mol. The summed E-state index contributed by atoms with van der Waals surface area (Å²) >= 11 is 0. The number of aromatic nitrogens is 3. The summed E-state index contributed by atoms with van der Waals surface area (Å²) in [5.74, 6) is -1.25. The first-order valence-corrected chi connectivity index (χ1v) is 9.57. The van der Waals surface area contributed by atoms with Crippen molar-refractivity contribution in [3.05, 3.63) is 105 Å². The molecule has 1 amide bonds. The third kappa shape index (κ3) is 4.06. The zero-order valence-electron chi connectivity index (χ0n) is 16.5. The number of rotatable bonds is 6. The van der Waals surface area contributed by atoms with E-state index in [9.17, 15) is 19.1 Å². The minimum atomic E-state index is -0.928. The van der Waals surface area contributed by atoms with Crippen molar-refractivity contribution in [1.82, 2.24) is 14.5 Å². The molecule has 8 heteroatoms. The van der Waals surface area contributed by atoms with Crippen molar-refractivity contribution in [3.8, 4) is 0 Å². The molecule has 3 N–H and O–H groups in total. The van der Waals surface area contributed by atoms with Crippen LogP contribution in [0.2, 0.25) is 0 Å². The molecule has 0 atom stereocenters. The lowest BCUT2D eigenvalue weighted by atomic mass is 10.0. The van der Waals surface area contributed by atoms with Crippen LogP contribution in [0.1, 0.15) is 32.7 Å². The van der Waals surface area contributed by atoms with E-state index in [0.717, 1.165) is 11.1 Å². The van der Waals surface area contributed by atoms with E-state index in [2.05, 4.69) is 9.97 Å². The Morgan fingerprint density at radius 3 is 2.52 bits per heavy atom. The maximum Gasteiger partial charge on any atom is 0.264 e. The number of amides is 1. The molecule has 3 aromatic heterocycles. The number of carbonyl (C=O) groups excluding carboxylic acids is 1. The van der Waals surface area contributed by atoms with Gasteiger partial charge in [0.15, 0.2) is 0 Å². The van der Waals surface area contributed by atoms with Crippen molar-refractivity contribution in [1.29, 1.82) is 0 Å². The van der Waals surface area contributed by atoms with Crippen LogP contribution in [0.25, 0.3) is 11.0 Å². The van der Waals surface area contributed by atoms with Crippen molar-refractivity contribution < 1.29 is 14.3 Å². The first-order chi connectivity index (χ1) is 15.0. The van der Waals surface area contributed by atoms with Gasteiger partial charge in [0, 0.05) is 18.0 Å². The molecule has 1 aromatic carbocycles. The number of hydrogen-bond acceptors (Lipinski definition) is 5. The van der Waals surface area contributed by atoms with Crippen LogP contribution in [-0.4, -0.2) is 25.5 Å². The van der Waals surface area contributed by atoms with Gasteiger partial charge >= 0.3 is 0 Å². The second-order valence-corrected chi connectivity index (χ2v) is 7.10. The van der Waals surface area contributed by atoms with E-state index in [1.54, 1.807) is 48.8 Å². The van der Waals surface area contributed by atoms with Crippen LogP contribution in [0.4, 0.5) is 4.39 Å². The summed E-state index contributed by atoms with van der Waals surface area (Å²) < 4.78 is 14.6. The van der Waals surface area contributed by atoms with Crippen LogP contribution in [0.5, 0.6) is 0 Å². The molecular weight excluding hydrogens is 399 g/mol. The highest BCUT2D eigenvalue weighted by Crippen LogP contribution is 2.22. The van der Waals surface area contributed by atoms with Gasteiger partial charge in [0.25, 0.3) is 11.5 Å². The maximum absolute atomic E-state index is 13.2. The van der Waals surface area contributed by atoms with Crippen LogP contribution >= 0.6 is 0 Å². The predicted molar refractivity (Wildman–Crippen MR) is 113 cm³/mol. The molecule has 0 aliphatic carbocycles. The summed E-state index contributed by atoms with van der Waals surface area (Å²) in [6, 6.07) is 13.2. The minimum Gasteiger partial charge on any atom is -0.392 e. The smallest absolute Gasteiger partial charge is 0.264 e. The molecule has 4 rings (SSSR count). The topological polar surface area (TPSA) is 111 Å². The van der Waals surface area contributed by atoms with Gasteiger partial charge in [-0.05, 0) is 47.9 Å². The summed E-state index contributed by atoms with van der Waals surface area (Å²) in [5, 5.41) is 9.86.